The predicted octanol–water partition coefficient (Wildman–Crippen LogP) is 2.16. The van der Waals surface area contributed by atoms with E-state index in [0.717, 1.165) is 18.6 Å². The van der Waals surface area contributed by atoms with Crippen molar-refractivity contribution in [1.29, 1.82) is 5.26 Å². The number of nitrogens with zero attached hydrogens (tertiary/aromatic N) is 1. The molecule has 0 heterocycles. The van der Waals surface area contributed by atoms with Crippen molar-refractivity contribution >= 4 is 11.8 Å². The lowest BCUT2D eigenvalue weighted by molar-refractivity contribution is 0.412. The highest BCUT2D eigenvalue weighted by molar-refractivity contribution is 7.98. The number of nitrogens with one attached hydrogen (secondary N) is 1. The highest BCUT2D eigenvalue weighted by atomic mass is 32.2. The smallest absolute Gasteiger partial charge is 0.104 e. The Hall–Kier alpha value is -0.200. The zero-order valence-corrected chi connectivity index (χ0v) is 9.28. The van der Waals surface area contributed by atoms with E-state index in [-0.39, 0.29) is 5.54 Å². The number of thioether (sulfide) groups is 1. The highest BCUT2D eigenvalue weighted by Crippen LogP contribution is 2.24. The van der Waals surface area contributed by atoms with Crippen LogP contribution < -0.4 is 5.32 Å². The summed E-state index contributed by atoms with van der Waals surface area (Å²) in [5, 5.41) is 12.4. The van der Waals surface area contributed by atoms with Crippen LogP contribution in [0.4, 0.5) is 0 Å². The van der Waals surface area contributed by atoms with Crippen molar-refractivity contribution in [3.05, 3.63) is 0 Å². The fraction of sp³-hybridized carbons (Fsp3) is 0.900. The molecule has 0 aromatic heterocycles. The Bertz CT molecular complexity index is 196. The first kappa shape index (κ1) is 10.9. The molecule has 1 aliphatic rings. The minimum absolute atomic E-state index is 0.281. The maximum atomic E-state index is 9.04. The van der Waals surface area contributed by atoms with Crippen molar-refractivity contribution in [2.45, 2.75) is 44.2 Å². The molecule has 1 atom stereocenters. The van der Waals surface area contributed by atoms with Gasteiger partial charge in [0.25, 0.3) is 0 Å². The normalized spacial score (nSPS) is 20.7. The quantitative estimate of drug-likeness (QED) is 0.664. The first-order valence-corrected chi connectivity index (χ1v) is 6.27. The summed E-state index contributed by atoms with van der Waals surface area (Å²) in [6.07, 6.45) is 6.71. The fourth-order valence-electron chi connectivity index (χ4n) is 1.41. The van der Waals surface area contributed by atoms with Gasteiger partial charge in [0.05, 0.1) is 6.07 Å². The molecule has 2 nitrogen and oxygen atoms in total. The van der Waals surface area contributed by atoms with Gasteiger partial charge in [-0.25, -0.2) is 0 Å². The number of nitriles is 1. The zero-order valence-electron chi connectivity index (χ0n) is 8.47. The molecule has 0 aromatic rings. The van der Waals surface area contributed by atoms with Crippen molar-refractivity contribution < 1.29 is 0 Å². The average Bonchev–Trinajstić information content (AvgIpc) is 2.89. The van der Waals surface area contributed by atoms with Crippen LogP contribution in [0.25, 0.3) is 0 Å². The Morgan fingerprint density at radius 3 is 2.77 bits per heavy atom. The third kappa shape index (κ3) is 4.02. The molecule has 0 spiro atoms. The molecule has 1 rings (SSSR count). The van der Waals surface area contributed by atoms with Gasteiger partial charge >= 0.3 is 0 Å². The topological polar surface area (TPSA) is 35.8 Å². The molecule has 0 aromatic carbocycles. The second-order valence-electron chi connectivity index (χ2n) is 3.96. The van der Waals surface area contributed by atoms with Gasteiger partial charge in [-0.1, -0.05) is 0 Å². The van der Waals surface area contributed by atoms with E-state index in [1.165, 1.54) is 12.8 Å². The van der Waals surface area contributed by atoms with Gasteiger partial charge < -0.3 is 0 Å². The summed E-state index contributed by atoms with van der Waals surface area (Å²) in [4.78, 5) is 0. The van der Waals surface area contributed by atoms with E-state index in [1.807, 2.05) is 18.7 Å². The predicted molar refractivity (Wildman–Crippen MR) is 57.8 cm³/mol. The van der Waals surface area contributed by atoms with Crippen LogP contribution in [0.15, 0.2) is 0 Å². The lowest BCUT2D eigenvalue weighted by Gasteiger charge is -2.22. The van der Waals surface area contributed by atoms with E-state index in [1.54, 1.807) is 0 Å². The molecule has 0 aliphatic heterocycles. The molecule has 74 valence electrons. The van der Waals surface area contributed by atoms with Gasteiger partial charge in [-0.15, -0.1) is 0 Å². The van der Waals surface area contributed by atoms with Crippen LogP contribution in [0.2, 0.25) is 0 Å². The van der Waals surface area contributed by atoms with E-state index in [9.17, 15) is 0 Å². The molecule has 1 aliphatic carbocycles. The lowest BCUT2D eigenvalue weighted by atomic mass is 9.98. The summed E-state index contributed by atoms with van der Waals surface area (Å²) in [7, 11) is 0. The van der Waals surface area contributed by atoms with Crippen LogP contribution in [0.5, 0.6) is 0 Å². The first-order valence-electron chi connectivity index (χ1n) is 4.88. The van der Waals surface area contributed by atoms with Crippen LogP contribution in [0.3, 0.4) is 0 Å². The molecule has 1 saturated carbocycles. The van der Waals surface area contributed by atoms with Crippen LogP contribution >= 0.6 is 11.8 Å². The molecule has 0 saturated heterocycles. The van der Waals surface area contributed by atoms with Crippen molar-refractivity contribution in [2.75, 3.05) is 12.0 Å². The molecule has 0 radical (unpaired) electrons. The fourth-order valence-corrected chi connectivity index (χ4v) is 1.84. The van der Waals surface area contributed by atoms with Crippen molar-refractivity contribution in [3.63, 3.8) is 0 Å². The van der Waals surface area contributed by atoms with E-state index >= 15 is 0 Å². The summed E-state index contributed by atoms with van der Waals surface area (Å²) in [6, 6.07) is 3.01. The Morgan fingerprint density at radius 1 is 1.62 bits per heavy atom. The second-order valence-corrected chi connectivity index (χ2v) is 4.94. The van der Waals surface area contributed by atoms with Crippen molar-refractivity contribution in [1.82, 2.24) is 5.32 Å². The van der Waals surface area contributed by atoms with Crippen molar-refractivity contribution in [2.24, 2.45) is 0 Å². The van der Waals surface area contributed by atoms with Gasteiger partial charge in [0.15, 0.2) is 0 Å². The maximum Gasteiger partial charge on any atom is 0.104 e. The summed E-state index contributed by atoms with van der Waals surface area (Å²) in [5.74, 6) is 1.16. The van der Waals surface area contributed by atoms with E-state index in [2.05, 4.69) is 17.6 Å². The minimum atomic E-state index is -0.281. The molecule has 1 fully saturated rings. The second kappa shape index (κ2) is 4.88. The summed E-state index contributed by atoms with van der Waals surface area (Å²) < 4.78 is 0. The van der Waals surface area contributed by atoms with Gasteiger partial charge in [0, 0.05) is 6.04 Å². The summed E-state index contributed by atoms with van der Waals surface area (Å²) in [5.41, 5.74) is -0.281. The third-order valence-corrected chi connectivity index (χ3v) is 3.07. The largest absolute Gasteiger partial charge is 0.297 e. The number of hydrogen-bond donors (Lipinski definition) is 1. The van der Waals surface area contributed by atoms with Gasteiger partial charge in [0.2, 0.25) is 0 Å². The first-order chi connectivity index (χ1) is 6.20. The highest BCUT2D eigenvalue weighted by Gasteiger charge is 2.31. The number of hydrogen-bond acceptors (Lipinski definition) is 3. The maximum absolute atomic E-state index is 9.04. The van der Waals surface area contributed by atoms with Gasteiger partial charge in [-0.3, -0.25) is 5.32 Å². The van der Waals surface area contributed by atoms with Crippen LogP contribution in [0, 0.1) is 11.3 Å². The number of rotatable bonds is 6. The van der Waals surface area contributed by atoms with E-state index in [0.29, 0.717) is 6.04 Å². The third-order valence-electron chi connectivity index (χ3n) is 2.37. The SMILES string of the molecule is CSCCCC(C)(C#N)NC1CC1. The van der Waals surface area contributed by atoms with Crippen LogP contribution in [-0.4, -0.2) is 23.6 Å². The molecule has 0 amide bonds. The van der Waals surface area contributed by atoms with E-state index in [4.69, 9.17) is 5.26 Å². The molecule has 1 N–H and O–H groups in total. The zero-order chi connectivity index (χ0) is 9.73. The molecule has 1 unspecified atom stereocenters. The van der Waals surface area contributed by atoms with Gasteiger partial charge in [-0.05, 0) is 44.6 Å². The Labute approximate surface area is 85.1 Å². The lowest BCUT2D eigenvalue weighted by Crippen LogP contribution is -2.42. The molecule has 13 heavy (non-hydrogen) atoms. The Kier molecular flexibility index (Phi) is 4.08. The Balaban J connectivity index is 2.25. The van der Waals surface area contributed by atoms with Gasteiger partial charge in [-0.2, -0.15) is 17.0 Å². The Morgan fingerprint density at radius 2 is 2.31 bits per heavy atom. The standard InChI is InChI=1S/C10H18N2S/c1-10(8-11,6-3-7-13-2)12-9-4-5-9/h9,12H,3-7H2,1-2H3. The summed E-state index contributed by atoms with van der Waals surface area (Å²) in [6.45, 7) is 2.02. The molecular formula is C10H18N2S. The van der Waals surface area contributed by atoms with E-state index < -0.39 is 0 Å². The minimum Gasteiger partial charge on any atom is -0.297 e. The monoisotopic (exact) mass is 198 g/mol. The molecular weight excluding hydrogens is 180 g/mol. The van der Waals surface area contributed by atoms with Crippen LogP contribution in [0.1, 0.15) is 32.6 Å². The van der Waals surface area contributed by atoms with Gasteiger partial charge in [0.1, 0.15) is 5.54 Å². The molecule has 0 bridgehead atoms. The molecule has 3 heteroatoms. The summed E-state index contributed by atoms with van der Waals surface area (Å²) >= 11 is 1.85. The van der Waals surface area contributed by atoms with Crippen molar-refractivity contribution in [3.8, 4) is 6.07 Å². The van der Waals surface area contributed by atoms with Crippen LogP contribution in [-0.2, 0) is 0 Å². The average molecular weight is 198 g/mol.